The predicted octanol–water partition coefficient (Wildman–Crippen LogP) is 0.829. The third kappa shape index (κ3) is 5.87. The van der Waals surface area contributed by atoms with Crippen LogP contribution in [-0.2, 0) is 16.0 Å². The molecule has 0 spiro atoms. The molecule has 2 aliphatic rings. The number of halogens is 1. The Balaban J connectivity index is 0.000000360. The number of aliphatic hydroxyl groups is 3. The van der Waals surface area contributed by atoms with Crippen LogP contribution in [0.2, 0.25) is 0 Å². The number of hydrogen-bond donors (Lipinski definition) is 5. The zero-order valence-corrected chi connectivity index (χ0v) is 21.0. The SMILES string of the molecule is CONC1=NC(c2ccc(F)cc2-c2cccc(OC)n2)Cc2nc(N)nc(C)c21.OC1COC(O)C1O. The molecule has 12 nitrogen and oxygen atoms in total. The Morgan fingerprint density at radius 1 is 1.11 bits per heavy atom. The highest BCUT2D eigenvalue weighted by Crippen LogP contribution is 2.36. The minimum atomic E-state index is -1.20. The van der Waals surface area contributed by atoms with Crippen molar-refractivity contribution in [2.45, 2.75) is 37.9 Å². The highest BCUT2D eigenvalue weighted by atomic mass is 19.1. The van der Waals surface area contributed by atoms with Crippen LogP contribution < -0.4 is 16.0 Å². The molecule has 3 aromatic rings. The number of nitrogens with one attached hydrogen (secondary N) is 1. The summed E-state index contributed by atoms with van der Waals surface area (Å²) in [4.78, 5) is 23.0. The summed E-state index contributed by atoms with van der Waals surface area (Å²) in [7, 11) is 3.04. The van der Waals surface area contributed by atoms with E-state index in [2.05, 4.69) is 25.2 Å². The van der Waals surface area contributed by atoms with Crippen LogP contribution in [0.25, 0.3) is 11.3 Å². The molecule has 2 aromatic heterocycles. The number of nitrogens with zero attached hydrogens (tertiary/aromatic N) is 4. The first-order valence-electron chi connectivity index (χ1n) is 11.7. The largest absolute Gasteiger partial charge is 0.481 e. The van der Waals surface area contributed by atoms with E-state index in [1.54, 1.807) is 18.2 Å². The summed E-state index contributed by atoms with van der Waals surface area (Å²) in [6.45, 7) is 1.86. The Morgan fingerprint density at radius 3 is 2.53 bits per heavy atom. The number of fused-ring (bicyclic) bond motifs is 1. The highest BCUT2D eigenvalue weighted by molar-refractivity contribution is 6.01. The molecular weight excluding hydrogens is 499 g/mol. The van der Waals surface area contributed by atoms with Crippen molar-refractivity contribution in [1.29, 1.82) is 0 Å². The van der Waals surface area contributed by atoms with E-state index >= 15 is 0 Å². The second-order valence-corrected chi connectivity index (χ2v) is 8.57. The Kier molecular flexibility index (Phi) is 8.44. The van der Waals surface area contributed by atoms with Crippen LogP contribution in [-0.4, -0.2) is 75.4 Å². The molecule has 1 aromatic carbocycles. The Bertz CT molecular complexity index is 1320. The maximum absolute atomic E-state index is 14.2. The van der Waals surface area contributed by atoms with Gasteiger partial charge in [-0.2, -0.15) is 0 Å². The monoisotopic (exact) mass is 528 g/mol. The highest BCUT2D eigenvalue weighted by Gasteiger charge is 2.32. The zero-order valence-electron chi connectivity index (χ0n) is 21.0. The Morgan fingerprint density at radius 2 is 1.89 bits per heavy atom. The van der Waals surface area contributed by atoms with Gasteiger partial charge < -0.3 is 30.5 Å². The van der Waals surface area contributed by atoms with Gasteiger partial charge >= 0.3 is 0 Å². The number of nitrogens with two attached hydrogens (primary N) is 1. The third-order valence-electron chi connectivity index (χ3n) is 6.00. The van der Waals surface area contributed by atoms with E-state index in [9.17, 15) is 4.39 Å². The van der Waals surface area contributed by atoms with Crippen LogP contribution in [0.5, 0.6) is 5.88 Å². The number of pyridine rings is 1. The third-order valence-corrected chi connectivity index (χ3v) is 6.00. The standard InChI is InChI=1S/C21H21FN6O2.C4H8O4/c1-11-19-17(27-21(23)24-11)10-16(26-20(19)28-30-3)13-8-7-12(22)9-14(13)15-5-4-6-18(25-15)29-2;5-2-1-8-4(7)3(2)6/h4-9,16H,10H2,1-3H3,(H,26,28)(H2,23,24,27);2-7H,1H2. The summed E-state index contributed by atoms with van der Waals surface area (Å²) >= 11 is 0. The number of hydrogen-bond acceptors (Lipinski definition) is 12. The number of aromatic nitrogens is 3. The van der Waals surface area contributed by atoms with Gasteiger partial charge in [0.2, 0.25) is 11.8 Å². The van der Waals surface area contributed by atoms with Gasteiger partial charge in [0.15, 0.2) is 12.1 Å². The van der Waals surface area contributed by atoms with Gasteiger partial charge in [0, 0.05) is 18.1 Å². The van der Waals surface area contributed by atoms with Crippen molar-refractivity contribution in [2.75, 3.05) is 26.6 Å². The van der Waals surface area contributed by atoms with E-state index in [1.807, 2.05) is 13.0 Å². The number of methoxy groups -OCH3 is 1. The molecule has 6 N–H and O–H groups in total. The Labute approximate surface area is 217 Å². The first-order valence-corrected chi connectivity index (χ1v) is 11.7. The second kappa shape index (κ2) is 11.8. The van der Waals surface area contributed by atoms with E-state index in [4.69, 9.17) is 35.6 Å². The fraction of sp³-hybridized carbons (Fsp3) is 0.360. The number of aliphatic imine (C=N–C) groups is 1. The summed E-state index contributed by atoms with van der Waals surface area (Å²) in [5.41, 5.74) is 12.9. The lowest BCUT2D eigenvalue weighted by atomic mass is 9.91. The molecular formula is C25H29FN6O6. The van der Waals surface area contributed by atoms with Gasteiger partial charge in [-0.3, -0.25) is 9.83 Å². The number of benzene rings is 1. The normalized spacial score (nSPS) is 22.1. The lowest BCUT2D eigenvalue weighted by Gasteiger charge is -2.25. The minimum absolute atomic E-state index is 0.0162. The van der Waals surface area contributed by atoms with Gasteiger partial charge in [-0.25, -0.2) is 24.8 Å². The van der Waals surface area contributed by atoms with Gasteiger partial charge in [0.1, 0.15) is 18.0 Å². The topological polar surface area (TPSA) is 177 Å². The molecule has 0 aliphatic carbocycles. The molecule has 13 heteroatoms. The zero-order chi connectivity index (χ0) is 27.4. The van der Waals surface area contributed by atoms with Crippen LogP contribution in [0.1, 0.15) is 28.6 Å². The number of hydroxylamine groups is 1. The number of nitrogen functional groups attached to an aromatic ring is 1. The molecule has 5 rings (SSSR count). The molecule has 0 saturated carbocycles. The summed E-state index contributed by atoms with van der Waals surface area (Å²) in [6.07, 6.45) is -2.79. The molecule has 4 atom stereocenters. The van der Waals surface area contributed by atoms with Crippen molar-refractivity contribution >= 4 is 11.8 Å². The molecule has 0 bridgehead atoms. The first-order chi connectivity index (χ1) is 18.2. The van der Waals surface area contributed by atoms with Crippen LogP contribution in [0, 0.1) is 12.7 Å². The molecule has 1 saturated heterocycles. The van der Waals surface area contributed by atoms with Crippen molar-refractivity contribution in [3.05, 3.63) is 64.7 Å². The number of aliphatic hydroxyl groups excluding tert-OH is 3. The van der Waals surface area contributed by atoms with Crippen molar-refractivity contribution in [3.63, 3.8) is 0 Å². The van der Waals surface area contributed by atoms with Crippen LogP contribution in [0.15, 0.2) is 41.4 Å². The fourth-order valence-corrected chi connectivity index (χ4v) is 4.22. The minimum Gasteiger partial charge on any atom is -0.481 e. The number of anilines is 1. The van der Waals surface area contributed by atoms with Crippen LogP contribution in [0.3, 0.4) is 0 Å². The molecule has 38 heavy (non-hydrogen) atoms. The second-order valence-electron chi connectivity index (χ2n) is 8.57. The van der Waals surface area contributed by atoms with E-state index in [1.165, 1.54) is 26.4 Å². The fourth-order valence-electron chi connectivity index (χ4n) is 4.22. The van der Waals surface area contributed by atoms with Gasteiger partial charge in [-0.15, -0.1) is 0 Å². The van der Waals surface area contributed by atoms with Crippen molar-refractivity contribution < 1.29 is 34.0 Å². The van der Waals surface area contributed by atoms with Gasteiger partial charge in [-0.1, -0.05) is 12.1 Å². The maximum Gasteiger partial charge on any atom is 0.220 e. The van der Waals surface area contributed by atoms with Gasteiger partial charge in [-0.05, 0) is 30.7 Å². The smallest absolute Gasteiger partial charge is 0.220 e. The van der Waals surface area contributed by atoms with Gasteiger partial charge in [0.25, 0.3) is 0 Å². The maximum atomic E-state index is 14.2. The van der Waals surface area contributed by atoms with Crippen LogP contribution in [0.4, 0.5) is 10.3 Å². The molecule has 4 unspecified atom stereocenters. The quantitative estimate of drug-likeness (QED) is 0.303. The Hall–Kier alpha value is -3.75. The summed E-state index contributed by atoms with van der Waals surface area (Å²) < 4.78 is 23.8. The average molecular weight is 529 g/mol. The number of amidine groups is 1. The average Bonchev–Trinajstić information content (AvgIpc) is 3.19. The number of ether oxygens (including phenoxy) is 2. The van der Waals surface area contributed by atoms with E-state index in [-0.39, 0.29) is 24.4 Å². The summed E-state index contributed by atoms with van der Waals surface area (Å²) in [5.74, 6) is 0.766. The molecule has 1 fully saturated rings. The number of aryl methyl sites for hydroxylation is 1. The lowest BCUT2D eigenvalue weighted by Crippen LogP contribution is -2.31. The van der Waals surface area contributed by atoms with E-state index in [0.717, 1.165) is 16.8 Å². The molecule has 2 aliphatic heterocycles. The first kappa shape index (κ1) is 27.3. The van der Waals surface area contributed by atoms with Crippen molar-refractivity contribution in [1.82, 2.24) is 20.4 Å². The summed E-state index contributed by atoms with van der Waals surface area (Å²) in [6, 6.07) is 9.57. The molecule has 0 radical (unpaired) electrons. The molecule has 4 heterocycles. The van der Waals surface area contributed by atoms with Crippen molar-refractivity contribution in [3.8, 4) is 17.1 Å². The van der Waals surface area contributed by atoms with E-state index in [0.29, 0.717) is 35.1 Å². The lowest BCUT2D eigenvalue weighted by molar-refractivity contribution is -0.111. The van der Waals surface area contributed by atoms with Crippen LogP contribution >= 0.6 is 0 Å². The number of rotatable bonds is 4. The molecule has 0 amide bonds. The van der Waals surface area contributed by atoms with Crippen molar-refractivity contribution in [2.24, 2.45) is 4.99 Å². The molecule has 202 valence electrons. The predicted molar refractivity (Wildman–Crippen MR) is 134 cm³/mol. The van der Waals surface area contributed by atoms with E-state index < -0.39 is 18.5 Å². The van der Waals surface area contributed by atoms with Gasteiger partial charge in [0.05, 0.1) is 49.5 Å². The summed E-state index contributed by atoms with van der Waals surface area (Å²) in [5, 5.41) is 25.8.